The molecule has 0 radical (unpaired) electrons. The zero-order valence-electron chi connectivity index (χ0n) is 11.0. The van der Waals surface area contributed by atoms with Crippen molar-refractivity contribution in [2.45, 2.75) is 13.5 Å². The molecule has 0 fully saturated rings. The molecule has 0 aliphatic heterocycles. The molecule has 0 atom stereocenters. The van der Waals surface area contributed by atoms with Crippen LogP contribution in [0.4, 0.5) is 5.69 Å². The normalized spacial score (nSPS) is 10.3. The molecule has 0 aliphatic rings. The number of benzene rings is 2. The Hall–Kier alpha value is -2.20. The zero-order valence-corrected chi connectivity index (χ0v) is 11.8. The van der Waals surface area contributed by atoms with Gasteiger partial charge in [-0.25, -0.2) is 0 Å². The van der Waals surface area contributed by atoms with Gasteiger partial charge in [0.2, 0.25) is 0 Å². The highest BCUT2D eigenvalue weighted by molar-refractivity contribution is 6.31. The molecule has 20 heavy (non-hydrogen) atoms. The molecule has 0 spiro atoms. The van der Waals surface area contributed by atoms with Gasteiger partial charge in [-0.3, -0.25) is 4.79 Å². The Kier molecular flexibility index (Phi) is 4.15. The lowest BCUT2D eigenvalue weighted by atomic mass is 10.1. The van der Waals surface area contributed by atoms with Crippen LogP contribution in [-0.2, 0) is 6.61 Å². The van der Waals surface area contributed by atoms with Crippen molar-refractivity contribution in [3.05, 3.63) is 58.1 Å². The van der Waals surface area contributed by atoms with Crippen molar-refractivity contribution in [1.29, 1.82) is 0 Å². The molecular weight excluding hydrogens is 276 g/mol. The van der Waals surface area contributed by atoms with Crippen molar-refractivity contribution in [2.24, 2.45) is 5.73 Å². The molecule has 0 saturated heterocycles. The number of halogens is 1. The molecule has 0 aromatic heterocycles. The van der Waals surface area contributed by atoms with Crippen molar-refractivity contribution in [1.82, 2.24) is 0 Å². The van der Waals surface area contributed by atoms with Gasteiger partial charge in [0, 0.05) is 16.3 Å². The molecule has 0 heterocycles. The van der Waals surface area contributed by atoms with E-state index in [2.05, 4.69) is 0 Å². The lowest BCUT2D eigenvalue weighted by Crippen LogP contribution is -2.13. The summed E-state index contributed by atoms with van der Waals surface area (Å²) in [7, 11) is 0. The van der Waals surface area contributed by atoms with Gasteiger partial charge >= 0.3 is 0 Å². The van der Waals surface area contributed by atoms with E-state index >= 15 is 0 Å². The van der Waals surface area contributed by atoms with Gasteiger partial charge in [-0.2, -0.15) is 0 Å². The minimum absolute atomic E-state index is 0.253. The number of carbonyl (C=O) groups is 1. The summed E-state index contributed by atoms with van der Waals surface area (Å²) in [5.41, 5.74) is 13.6. The van der Waals surface area contributed by atoms with Crippen LogP contribution in [0.5, 0.6) is 5.75 Å². The number of nitrogen functional groups attached to an aromatic ring is 1. The van der Waals surface area contributed by atoms with Gasteiger partial charge in [0.05, 0.1) is 5.56 Å². The first kappa shape index (κ1) is 14.2. The van der Waals surface area contributed by atoms with E-state index in [1.807, 2.05) is 25.1 Å². The molecule has 0 unspecified atom stereocenters. The van der Waals surface area contributed by atoms with Crippen molar-refractivity contribution < 1.29 is 9.53 Å². The molecule has 104 valence electrons. The highest BCUT2D eigenvalue weighted by atomic mass is 35.5. The van der Waals surface area contributed by atoms with Gasteiger partial charge in [0.15, 0.2) is 0 Å². The number of carbonyl (C=O) groups excluding carboxylic acids is 1. The average Bonchev–Trinajstić information content (AvgIpc) is 2.38. The molecular formula is C15H15ClN2O2. The Morgan fingerprint density at radius 2 is 2.00 bits per heavy atom. The number of anilines is 1. The van der Waals surface area contributed by atoms with Crippen LogP contribution in [0, 0.1) is 6.92 Å². The second kappa shape index (κ2) is 5.84. The van der Waals surface area contributed by atoms with Crippen LogP contribution in [0.2, 0.25) is 5.02 Å². The van der Waals surface area contributed by atoms with E-state index in [1.54, 1.807) is 12.1 Å². The average molecular weight is 291 g/mol. The third-order valence-corrected chi connectivity index (χ3v) is 3.21. The van der Waals surface area contributed by atoms with Crippen molar-refractivity contribution in [3.63, 3.8) is 0 Å². The first-order chi connectivity index (χ1) is 9.47. The van der Waals surface area contributed by atoms with Crippen molar-refractivity contribution in [3.8, 4) is 5.75 Å². The summed E-state index contributed by atoms with van der Waals surface area (Å²) in [5.74, 6) is -0.189. The topological polar surface area (TPSA) is 78.3 Å². The van der Waals surface area contributed by atoms with Crippen LogP contribution in [0.1, 0.15) is 21.5 Å². The number of ether oxygens (including phenoxy) is 1. The summed E-state index contributed by atoms with van der Waals surface area (Å²) >= 11 is 6.13. The van der Waals surface area contributed by atoms with Crippen molar-refractivity contribution in [2.75, 3.05) is 5.73 Å². The minimum Gasteiger partial charge on any atom is -0.488 e. The molecule has 0 aliphatic carbocycles. The lowest BCUT2D eigenvalue weighted by molar-refractivity contribution is 0.0996. The highest BCUT2D eigenvalue weighted by Gasteiger charge is 2.11. The SMILES string of the molecule is Cc1ccc(COc2ccc(N)cc2C(N)=O)c(Cl)c1. The summed E-state index contributed by atoms with van der Waals surface area (Å²) in [5, 5.41) is 0.626. The Morgan fingerprint density at radius 1 is 1.25 bits per heavy atom. The Balaban J connectivity index is 2.20. The summed E-state index contributed by atoms with van der Waals surface area (Å²) in [6.07, 6.45) is 0. The molecule has 5 heteroatoms. The Bertz CT molecular complexity index is 656. The predicted molar refractivity (Wildman–Crippen MR) is 79.9 cm³/mol. The number of amides is 1. The molecule has 4 nitrogen and oxygen atoms in total. The Labute approximate surface area is 122 Å². The lowest BCUT2D eigenvalue weighted by Gasteiger charge is -2.11. The van der Waals surface area contributed by atoms with Gasteiger partial charge in [0.25, 0.3) is 5.91 Å². The van der Waals surface area contributed by atoms with E-state index in [0.29, 0.717) is 16.5 Å². The van der Waals surface area contributed by atoms with Gasteiger partial charge in [-0.05, 0) is 36.8 Å². The number of hydrogen-bond donors (Lipinski definition) is 2. The predicted octanol–water partition coefficient (Wildman–Crippen LogP) is 2.91. The summed E-state index contributed by atoms with van der Waals surface area (Å²) in [4.78, 5) is 11.4. The van der Waals surface area contributed by atoms with E-state index in [9.17, 15) is 4.79 Å². The summed E-state index contributed by atoms with van der Waals surface area (Å²) in [6.45, 7) is 2.21. The van der Waals surface area contributed by atoms with Gasteiger partial charge in [-0.15, -0.1) is 0 Å². The minimum atomic E-state index is -0.581. The second-order valence-corrected chi connectivity index (χ2v) is 4.91. The van der Waals surface area contributed by atoms with Crippen molar-refractivity contribution >= 4 is 23.2 Å². The van der Waals surface area contributed by atoms with Crippen LogP contribution in [0.15, 0.2) is 36.4 Å². The Morgan fingerprint density at radius 3 is 2.65 bits per heavy atom. The van der Waals surface area contributed by atoms with Crippen LogP contribution in [0.3, 0.4) is 0 Å². The van der Waals surface area contributed by atoms with E-state index in [4.69, 9.17) is 27.8 Å². The monoisotopic (exact) mass is 290 g/mol. The van der Waals surface area contributed by atoms with Gasteiger partial charge < -0.3 is 16.2 Å². The third-order valence-electron chi connectivity index (χ3n) is 2.86. The van der Waals surface area contributed by atoms with E-state index in [-0.39, 0.29) is 12.2 Å². The molecule has 1 amide bonds. The highest BCUT2D eigenvalue weighted by Crippen LogP contribution is 2.24. The number of rotatable bonds is 4. The molecule has 2 aromatic carbocycles. The number of primary amides is 1. The number of hydrogen-bond acceptors (Lipinski definition) is 3. The smallest absolute Gasteiger partial charge is 0.252 e. The van der Waals surface area contributed by atoms with E-state index in [1.165, 1.54) is 6.07 Å². The molecule has 0 saturated carbocycles. The first-order valence-corrected chi connectivity index (χ1v) is 6.42. The maximum atomic E-state index is 11.4. The number of aryl methyl sites for hydroxylation is 1. The molecule has 2 aromatic rings. The number of nitrogens with two attached hydrogens (primary N) is 2. The van der Waals surface area contributed by atoms with Crippen LogP contribution >= 0.6 is 11.6 Å². The first-order valence-electron chi connectivity index (χ1n) is 6.04. The molecule has 4 N–H and O–H groups in total. The quantitative estimate of drug-likeness (QED) is 0.850. The standard InChI is InChI=1S/C15H15ClN2O2/c1-9-2-3-10(13(16)6-9)8-20-14-5-4-11(17)7-12(14)15(18)19/h2-7H,8,17H2,1H3,(H2,18,19). The fraction of sp³-hybridized carbons (Fsp3) is 0.133. The maximum absolute atomic E-state index is 11.4. The van der Waals surface area contributed by atoms with E-state index in [0.717, 1.165) is 11.1 Å². The fourth-order valence-electron chi connectivity index (χ4n) is 1.79. The van der Waals surface area contributed by atoms with E-state index < -0.39 is 5.91 Å². The van der Waals surface area contributed by atoms with Crippen LogP contribution in [0.25, 0.3) is 0 Å². The maximum Gasteiger partial charge on any atom is 0.252 e. The second-order valence-electron chi connectivity index (χ2n) is 4.50. The summed E-state index contributed by atoms with van der Waals surface area (Å²) in [6, 6.07) is 10.5. The van der Waals surface area contributed by atoms with Crippen LogP contribution in [-0.4, -0.2) is 5.91 Å². The van der Waals surface area contributed by atoms with Gasteiger partial charge in [-0.1, -0.05) is 23.7 Å². The van der Waals surface area contributed by atoms with Gasteiger partial charge in [0.1, 0.15) is 12.4 Å². The largest absolute Gasteiger partial charge is 0.488 e. The molecule has 0 bridgehead atoms. The summed E-state index contributed by atoms with van der Waals surface area (Å²) < 4.78 is 5.62. The zero-order chi connectivity index (χ0) is 14.7. The van der Waals surface area contributed by atoms with Crippen LogP contribution < -0.4 is 16.2 Å². The fourth-order valence-corrected chi connectivity index (χ4v) is 2.08. The third kappa shape index (κ3) is 3.22. The molecule has 2 rings (SSSR count).